The molecule has 0 heterocycles. The van der Waals surface area contributed by atoms with Crippen molar-refractivity contribution in [2.75, 3.05) is 32.8 Å². The van der Waals surface area contributed by atoms with Crippen molar-refractivity contribution < 1.29 is 50.8 Å². The van der Waals surface area contributed by atoms with Crippen LogP contribution >= 0.6 is 0 Å². The van der Waals surface area contributed by atoms with E-state index in [9.17, 15) is 9.59 Å². The first kappa shape index (κ1) is 27.1. The minimum absolute atomic E-state index is 0. The zero-order valence-electron chi connectivity index (χ0n) is 17.3. The molecule has 144 valence electrons. The molecule has 0 fully saturated rings. The molecule has 0 atom stereocenters. The van der Waals surface area contributed by atoms with Crippen LogP contribution in [-0.4, -0.2) is 59.8 Å². The van der Waals surface area contributed by atoms with Crippen molar-refractivity contribution in [1.29, 1.82) is 0 Å². The maximum Gasteiger partial charge on any atom is 1.00 e. The number of carboxylic acid groups (broad SMARTS) is 1. The van der Waals surface area contributed by atoms with Crippen LogP contribution in [0.2, 0.25) is 0 Å². The van der Waals surface area contributed by atoms with Crippen LogP contribution in [0.1, 0.15) is 72.6 Å². The topological polar surface area (TPSA) is 89.9 Å². The predicted molar refractivity (Wildman–Crippen MR) is 97.1 cm³/mol. The van der Waals surface area contributed by atoms with Crippen LogP contribution in [0.5, 0.6) is 0 Å². The number of rotatable bonds is 17. The molecule has 3 N–H and O–H groups in total. The fourth-order valence-corrected chi connectivity index (χ4v) is 2.64. The Bertz CT molecular complexity index is 336. The van der Waals surface area contributed by atoms with Gasteiger partial charge in [-0.1, -0.05) is 58.3 Å². The van der Waals surface area contributed by atoms with Crippen LogP contribution in [0.3, 0.4) is 0 Å². The van der Waals surface area contributed by atoms with Gasteiger partial charge < -0.3 is 21.9 Å². The second kappa shape index (κ2) is 20.2. The molecule has 25 heavy (non-hydrogen) atoms. The van der Waals surface area contributed by atoms with Crippen molar-refractivity contribution in [3.63, 3.8) is 0 Å². The summed E-state index contributed by atoms with van der Waals surface area (Å²) in [6, 6.07) is 0. The molecule has 0 saturated heterocycles. The normalized spacial score (nSPS) is 10.3. The van der Waals surface area contributed by atoms with Crippen molar-refractivity contribution >= 4 is 11.9 Å². The zero-order chi connectivity index (χ0) is 18.0. The number of aliphatic hydroxyl groups excluding tert-OH is 1. The molecular formula is C18H37N2NaO4. The number of amides is 1. The van der Waals surface area contributed by atoms with Gasteiger partial charge in [-0.15, -0.1) is 0 Å². The van der Waals surface area contributed by atoms with Gasteiger partial charge in [0.2, 0.25) is 5.91 Å². The van der Waals surface area contributed by atoms with E-state index >= 15 is 0 Å². The number of carbonyl (C=O) groups is 2. The van der Waals surface area contributed by atoms with E-state index in [1.54, 1.807) is 4.90 Å². The minimum Gasteiger partial charge on any atom is -1.00 e. The largest absolute Gasteiger partial charge is 1.00 e. The average Bonchev–Trinajstić information content (AvgIpc) is 2.55. The summed E-state index contributed by atoms with van der Waals surface area (Å²) in [5.74, 6) is -0.867. The van der Waals surface area contributed by atoms with Gasteiger partial charge in [0.25, 0.3) is 0 Å². The Kier molecular flexibility index (Phi) is 21.9. The predicted octanol–water partition coefficient (Wildman–Crippen LogP) is -0.481. The summed E-state index contributed by atoms with van der Waals surface area (Å²) in [5, 5.41) is 20.4. The molecule has 1 amide bonds. The quantitative estimate of drug-likeness (QED) is 0.238. The smallest absolute Gasteiger partial charge is 1.00 e. The van der Waals surface area contributed by atoms with Crippen molar-refractivity contribution in [2.45, 2.75) is 71.1 Å². The molecule has 6 nitrogen and oxygen atoms in total. The van der Waals surface area contributed by atoms with Gasteiger partial charge in [-0.05, 0) is 6.42 Å². The van der Waals surface area contributed by atoms with Gasteiger partial charge >= 0.3 is 35.5 Å². The van der Waals surface area contributed by atoms with Crippen LogP contribution in [0, 0.1) is 0 Å². The van der Waals surface area contributed by atoms with E-state index in [0.717, 1.165) is 12.8 Å². The van der Waals surface area contributed by atoms with E-state index < -0.39 is 5.97 Å². The minimum atomic E-state index is -0.912. The second-order valence-electron chi connectivity index (χ2n) is 6.25. The fourth-order valence-electron chi connectivity index (χ4n) is 2.64. The Morgan fingerprint density at radius 1 is 0.960 bits per heavy atom. The Morgan fingerprint density at radius 2 is 1.52 bits per heavy atom. The zero-order valence-corrected chi connectivity index (χ0v) is 18.3. The van der Waals surface area contributed by atoms with E-state index in [2.05, 4.69) is 12.2 Å². The summed E-state index contributed by atoms with van der Waals surface area (Å²) >= 11 is 0. The number of hydrogen-bond donors (Lipinski definition) is 3. The van der Waals surface area contributed by atoms with E-state index in [-0.39, 0.29) is 50.0 Å². The van der Waals surface area contributed by atoms with E-state index in [1.165, 1.54) is 44.9 Å². The van der Waals surface area contributed by atoms with Crippen molar-refractivity contribution in [3.05, 3.63) is 0 Å². The molecule has 0 spiro atoms. The number of aliphatic carboxylic acids is 1. The van der Waals surface area contributed by atoms with Crippen molar-refractivity contribution in [2.24, 2.45) is 0 Å². The number of carboxylic acids is 1. The van der Waals surface area contributed by atoms with E-state index in [4.69, 9.17) is 10.2 Å². The molecular weight excluding hydrogens is 331 g/mol. The number of nitrogens with one attached hydrogen (secondary N) is 1. The van der Waals surface area contributed by atoms with Gasteiger partial charge in [0.15, 0.2) is 0 Å². The molecule has 0 aromatic heterocycles. The van der Waals surface area contributed by atoms with Crippen molar-refractivity contribution in [1.82, 2.24) is 10.2 Å². The molecule has 0 aromatic rings. The van der Waals surface area contributed by atoms with Gasteiger partial charge in [0, 0.05) is 26.1 Å². The number of aliphatic hydroxyl groups is 1. The van der Waals surface area contributed by atoms with Gasteiger partial charge in [-0.2, -0.15) is 0 Å². The van der Waals surface area contributed by atoms with Crippen molar-refractivity contribution in [3.8, 4) is 0 Å². The SMILES string of the molecule is CCCCCCCCCCCC(=O)N(CCO)CCNCC(=O)O.[H-].[Na+]. The number of carbonyl (C=O) groups excluding carboxylic acids is 1. The second-order valence-corrected chi connectivity index (χ2v) is 6.25. The van der Waals surface area contributed by atoms with Gasteiger partial charge in [-0.3, -0.25) is 9.59 Å². The summed E-state index contributed by atoms with van der Waals surface area (Å²) in [4.78, 5) is 24.2. The molecule has 0 saturated carbocycles. The van der Waals surface area contributed by atoms with Gasteiger partial charge in [0.1, 0.15) is 0 Å². The fraction of sp³-hybridized carbons (Fsp3) is 0.889. The van der Waals surface area contributed by atoms with Crippen LogP contribution in [-0.2, 0) is 9.59 Å². The summed E-state index contributed by atoms with van der Waals surface area (Å²) < 4.78 is 0. The van der Waals surface area contributed by atoms with Crippen LogP contribution in [0.4, 0.5) is 0 Å². The van der Waals surface area contributed by atoms with Crippen LogP contribution in [0.25, 0.3) is 0 Å². The molecule has 0 aliphatic carbocycles. The van der Waals surface area contributed by atoms with Crippen LogP contribution < -0.4 is 34.9 Å². The third-order valence-electron chi connectivity index (χ3n) is 4.05. The molecule has 0 bridgehead atoms. The summed E-state index contributed by atoms with van der Waals surface area (Å²) in [7, 11) is 0. The Morgan fingerprint density at radius 3 is 2.04 bits per heavy atom. The molecule has 0 unspecified atom stereocenters. The van der Waals surface area contributed by atoms with Crippen LogP contribution in [0.15, 0.2) is 0 Å². The maximum atomic E-state index is 12.1. The third-order valence-corrected chi connectivity index (χ3v) is 4.05. The van der Waals surface area contributed by atoms with E-state index in [0.29, 0.717) is 26.1 Å². The number of unbranched alkanes of at least 4 members (excludes halogenated alkanes) is 8. The number of nitrogens with zero attached hydrogens (tertiary/aromatic N) is 1. The molecule has 7 heteroatoms. The first-order chi connectivity index (χ1) is 11.6. The first-order valence-electron chi connectivity index (χ1n) is 9.43. The molecule has 0 rings (SSSR count). The summed E-state index contributed by atoms with van der Waals surface area (Å²) in [5.41, 5.74) is 0. The molecule has 0 radical (unpaired) electrons. The Labute approximate surface area is 176 Å². The van der Waals surface area contributed by atoms with Gasteiger partial charge in [-0.25, -0.2) is 0 Å². The summed E-state index contributed by atoms with van der Waals surface area (Å²) in [6.45, 7) is 3.21. The first-order valence-corrected chi connectivity index (χ1v) is 9.43. The molecule has 0 aliphatic heterocycles. The standard InChI is InChI=1S/C18H36N2O4.Na.H/c1-2-3-4-5-6-7-8-9-10-11-17(22)20(14-15-21)13-12-19-16-18(23)24;;/h19,21H,2-16H2,1H3,(H,23,24);;/q;+1;-1. The Balaban J connectivity index is -0.00000264. The summed E-state index contributed by atoms with van der Waals surface area (Å²) in [6.07, 6.45) is 11.4. The monoisotopic (exact) mass is 368 g/mol. The Hall–Kier alpha value is -0.140. The number of hydrogen-bond acceptors (Lipinski definition) is 4. The average molecular weight is 368 g/mol. The maximum absolute atomic E-state index is 12.1. The molecule has 0 aromatic carbocycles. The third kappa shape index (κ3) is 18.4. The van der Waals surface area contributed by atoms with E-state index in [1.807, 2.05) is 0 Å². The van der Waals surface area contributed by atoms with Gasteiger partial charge in [0.05, 0.1) is 13.2 Å². The molecule has 0 aliphatic rings.